The molecule has 0 saturated heterocycles. The number of benzene rings is 1. The number of nitrogens with zero attached hydrogens (tertiary/aromatic N) is 1. The Bertz CT molecular complexity index is 430. The molecule has 0 amide bonds. The van der Waals surface area contributed by atoms with E-state index in [2.05, 4.69) is 5.16 Å². The molecule has 1 aromatic carbocycles. The van der Waals surface area contributed by atoms with Gasteiger partial charge in [-0.15, -0.1) is 0 Å². The zero-order valence-corrected chi connectivity index (χ0v) is 8.44. The van der Waals surface area contributed by atoms with E-state index in [-0.39, 0.29) is 18.2 Å². The minimum Gasteiger partial charge on any atom is -0.477 e. The number of carboxylic acid groups (broad SMARTS) is 1. The van der Waals surface area contributed by atoms with Crippen LogP contribution in [0.1, 0.15) is 18.1 Å². The number of oxime groups is 1. The quantitative estimate of drug-likeness (QED) is 0.840. The summed E-state index contributed by atoms with van der Waals surface area (Å²) in [5, 5.41) is 12.8. The Morgan fingerprint density at radius 3 is 3.00 bits per heavy atom. The molecule has 4 nitrogen and oxygen atoms in total. The van der Waals surface area contributed by atoms with Crippen LogP contribution < -0.4 is 0 Å². The molecule has 5 heteroatoms. The van der Waals surface area contributed by atoms with Crippen molar-refractivity contribution >= 4 is 23.3 Å². The van der Waals surface area contributed by atoms with Crippen LogP contribution in [0.15, 0.2) is 29.4 Å². The van der Waals surface area contributed by atoms with Gasteiger partial charge < -0.3 is 9.94 Å². The number of aliphatic carboxylic acids is 1. The van der Waals surface area contributed by atoms with Crippen molar-refractivity contribution in [1.29, 1.82) is 0 Å². The van der Waals surface area contributed by atoms with Crippen molar-refractivity contribution in [3.05, 3.63) is 34.9 Å². The zero-order valence-electron chi connectivity index (χ0n) is 7.68. The molecule has 1 aliphatic rings. The summed E-state index contributed by atoms with van der Waals surface area (Å²) in [6.07, 6.45) is -0.0647. The third kappa shape index (κ3) is 2.10. The van der Waals surface area contributed by atoms with E-state index in [1.807, 2.05) is 6.07 Å². The van der Waals surface area contributed by atoms with E-state index in [0.29, 0.717) is 5.02 Å². The summed E-state index contributed by atoms with van der Waals surface area (Å²) in [5.74, 6) is -1.04. The molecule has 0 saturated carbocycles. The van der Waals surface area contributed by atoms with Crippen LogP contribution >= 0.6 is 11.6 Å². The molecule has 0 aliphatic carbocycles. The van der Waals surface area contributed by atoms with Gasteiger partial charge in [-0.25, -0.2) is 4.79 Å². The van der Waals surface area contributed by atoms with Crippen molar-refractivity contribution in [2.75, 3.05) is 0 Å². The zero-order chi connectivity index (χ0) is 10.8. The van der Waals surface area contributed by atoms with Crippen LogP contribution in [0.4, 0.5) is 0 Å². The van der Waals surface area contributed by atoms with Gasteiger partial charge >= 0.3 is 5.97 Å². The molecule has 1 aromatic rings. The van der Waals surface area contributed by atoms with Crippen molar-refractivity contribution in [1.82, 2.24) is 0 Å². The smallest absolute Gasteiger partial charge is 0.353 e. The van der Waals surface area contributed by atoms with Crippen LogP contribution in [0.25, 0.3) is 0 Å². The Morgan fingerprint density at radius 1 is 1.60 bits per heavy atom. The van der Waals surface area contributed by atoms with Crippen molar-refractivity contribution < 1.29 is 14.7 Å². The van der Waals surface area contributed by atoms with Gasteiger partial charge in [0.15, 0.2) is 11.8 Å². The topological polar surface area (TPSA) is 58.9 Å². The molecule has 0 radical (unpaired) electrons. The molecule has 1 aliphatic heterocycles. The molecule has 2 rings (SSSR count). The molecule has 15 heavy (non-hydrogen) atoms. The first kappa shape index (κ1) is 9.98. The average Bonchev–Trinajstić information content (AvgIpc) is 2.66. The number of carbonyl (C=O) groups is 1. The van der Waals surface area contributed by atoms with Gasteiger partial charge in [0.1, 0.15) is 0 Å². The maximum atomic E-state index is 10.6. The Kier molecular flexibility index (Phi) is 2.60. The minimum atomic E-state index is -1.04. The van der Waals surface area contributed by atoms with Crippen LogP contribution in [0.5, 0.6) is 0 Å². The maximum absolute atomic E-state index is 10.6. The predicted octanol–water partition coefficient (Wildman–Crippen LogP) is 2.24. The van der Waals surface area contributed by atoms with Crippen LogP contribution in [0.2, 0.25) is 5.02 Å². The summed E-state index contributed by atoms with van der Waals surface area (Å²) in [6, 6.07) is 7.11. The lowest BCUT2D eigenvalue weighted by molar-refractivity contribution is -0.129. The first-order valence-corrected chi connectivity index (χ1v) is 4.76. The largest absolute Gasteiger partial charge is 0.477 e. The van der Waals surface area contributed by atoms with E-state index in [9.17, 15) is 4.79 Å². The molecule has 1 N–H and O–H groups in total. The number of carboxylic acids is 1. The molecule has 1 atom stereocenters. The highest BCUT2D eigenvalue weighted by Gasteiger charge is 2.26. The molecule has 0 spiro atoms. The average molecular weight is 226 g/mol. The fraction of sp³-hybridized carbons (Fsp3) is 0.200. The summed E-state index contributed by atoms with van der Waals surface area (Å²) >= 11 is 5.81. The van der Waals surface area contributed by atoms with Crippen LogP contribution in [0.3, 0.4) is 0 Å². The second-order valence-electron chi connectivity index (χ2n) is 3.20. The van der Waals surface area contributed by atoms with E-state index in [4.69, 9.17) is 21.5 Å². The summed E-state index contributed by atoms with van der Waals surface area (Å²) in [5.41, 5.74) is 0.877. The second-order valence-corrected chi connectivity index (χ2v) is 3.63. The van der Waals surface area contributed by atoms with Gasteiger partial charge in [-0.1, -0.05) is 28.9 Å². The van der Waals surface area contributed by atoms with Gasteiger partial charge in [0.25, 0.3) is 0 Å². The van der Waals surface area contributed by atoms with Gasteiger partial charge in [0.2, 0.25) is 0 Å². The van der Waals surface area contributed by atoms with E-state index in [0.717, 1.165) is 5.56 Å². The van der Waals surface area contributed by atoms with E-state index < -0.39 is 5.97 Å². The van der Waals surface area contributed by atoms with Gasteiger partial charge in [0, 0.05) is 11.4 Å². The Morgan fingerprint density at radius 2 is 2.40 bits per heavy atom. The van der Waals surface area contributed by atoms with Crippen LogP contribution in [0, 0.1) is 0 Å². The minimum absolute atomic E-state index is 0.0416. The molecule has 0 fully saturated rings. The molecule has 1 unspecified atom stereocenters. The highest BCUT2D eigenvalue weighted by atomic mass is 35.5. The Hall–Kier alpha value is -1.55. The first-order chi connectivity index (χ1) is 7.16. The molecule has 1 heterocycles. The lowest BCUT2D eigenvalue weighted by Crippen LogP contribution is -2.11. The number of hydrogen-bond donors (Lipinski definition) is 1. The predicted molar refractivity (Wildman–Crippen MR) is 55.0 cm³/mol. The SMILES string of the molecule is O=C(O)C1=NOC(c2cccc(Cl)c2)C1. The van der Waals surface area contributed by atoms with Crippen LogP contribution in [-0.2, 0) is 9.63 Å². The molecular formula is C10H8ClNO3. The summed E-state index contributed by atoms with van der Waals surface area (Å²) in [7, 11) is 0. The molecule has 0 bridgehead atoms. The first-order valence-electron chi connectivity index (χ1n) is 4.38. The number of hydrogen-bond acceptors (Lipinski definition) is 3. The monoisotopic (exact) mass is 225 g/mol. The standard InChI is InChI=1S/C10H8ClNO3/c11-7-3-1-2-6(4-7)9-5-8(10(13)14)12-15-9/h1-4,9H,5H2,(H,13,14). The molecule has 0 aromatic heterocycles. The third-order valence-electron chi connectivity index (χ3n) is 2.14. The summed E-state index contributed by atoms with van der Waals surface area (Å²) in [4.78, 5) is 15.6. The van der Waals surface area contributed by atoms with E-state index >= 15 is 0 Å². The highest BCUT2D eigenvalue weighted by molar-refractivity contribution is 6.35. The van der Waals surface area contributed by atoms with Gasteiger partial charge in [-0.2, -0.15) is 0 Å². The Labute approximate surface area is 91.1 Å². The fourth-order valence-electron chi connectivity index (χ4n) is 1.39. The van der Waals surface area contributed by atoms with E-state index in [1.54, 1.807) is 18.2 Å². The van der Waals surface area contributed by atoms with Crippen molar-refractivity contribution in [2.45, 2.75) is 12.5 Å². The third-order valence-corrected chi connectivity index (χ3v) is 2.37. The molecule has 78 valence electrons. The number of halogens is 1. The molecular weight excluding hydrogens is 218 g/mol. The lowest BCUT2D eigenvalue weighted by atomic mass is 10.0. The van der Waals surface area contributed by atoms with E-state index in [1.165, 1.54) is 0 Å². The van der Waals surface area contributed by atoms with Gasteiger partial charge in [-0.05, 0) is 17.7 Å². The van der Waals surface area contributed by atoms with Gasteiger partial charge in [0.05, 0.1) is 0 Å². The summed E-state index contributed by atoms with van der Waals surface area (Å²) < 4.78 is 0. The van der Waals surface area contributed by atoms with Gasteiger partial charge in [-0.3, -0.25) is 0 Å². The highest BCUT2D eigenvalue weighted by Crippen LogP contribution is 2.28. The number of rotatable bonds is 2. The second kappa shape index (κ2) is 3.90. The summed E-state index contributed by atoms with van der Waals surface area (Å²) in [6.45, 7) is 0. The van der Waals surface area contributed by atoms with Crippen molar-refractivity contribution in [3.63, 3.8) is 0 Å². The van der Waals surface area contributed by atoms with Crippen molar-refractivity contribution in [2.24, 2.45) is 5.16 Å². The van der Waals surface area contributed by atoms with Crippen molar-refractivity contribution in [3.8, 4) is 0 Å². The Balaban J connectivity index is 2.13. The maximum Gasteiger partial charge on any atom is 0.353 e. The van der Waals surface area contributed by atoms with Crippen LogP contribution in [-0.4, -0.2) is 16.8 Å². The fourth-order valence-corrected chi connectivity index (χ4v) is 1.59. The lowest BCUT2D eigenvalue weighted by Gasteiger charge is -2.07. The normalized spacial score (nSPS) is 19.5.